The molecule has 19 heavy (non-hydrogen) atoms. The number of hydrogen-bond donors (Lipinski definition) is 0. The van der Waals surface area contributed by atoms with Gasteiger partial charge in [-0.3, -0.25) is 4.79 Å². The quantitative estimate of drug-likeness (QED) is 0.761. The van der Waals surface area contributed by atoms with Crippen LogP contribution in [0.15, 0.2) is 22.7 Å². The molecule has 0 heterocycles. The second kappa shape index (κ2) is 5.90. The summed E-state index contributed by atoms with van der Waals surface area (Å²) in [5.41, 5.74) is -0.382. The summed E-state index contributed by atoms with van der Waals surface area (Å²) in [6.45, 7) is 1.48. The van der Waals surface area contributed by atoms with Gasteiger partial charge in [-0.1, -0.05) is 6.07 Å². The van der Waals surface area contributed by atoms with Crippen LogP contribution >= 0.6 is 15.9 Å². The van der Waals surface area contributed by atoms with Gasteiger partial charge in [0.2, 0.25) is 0 Å². The number of nitrogens with zero attached hydrogens (tertiary/aromatic N) is 1. The van der Waals surface area contributed by atoms with Crippen LogP contribution in [0.2, 0.25) is 0 Å². The fourth-order valence-electron chi connectivity index (χ4n) is 1.51. The first-order chi connectivity index (χ1) is 8.63. The minimum atomic E-state index is -4.53. The molecule has 0 spiro atoms. The van der Waals surface area contributed by atoms with Crippen LogP contribution in [0.5, 0.6) is 0 Å². The molecule has 0 unspecified atom stereocenters. The highest BCUT2D eigenvalue weighted by atomic mass is 79.9. The molecule has 1 aromatic carbocycles. The third kappa shape index (κ3) is 4.19. The van der Waals surface area contributed by atoms with E-state index in [1.807, 2.05) is 0 Å². The van der Waals surface area contributed by atoms with Crippen molar-refractivity contribution in [2.75, 3.05) is 6.54 Å². The maximum atomic E-state index is 13.7. The highest BCUT2D eigenvalue weighted by Crippen LogP contribution is 2.23. The van der Waals surface area contributed by atoms with Gasteiger partial charge in [-0.05, 0) is 41.9 Å². The number of carbonyl (C=O) groups is 1. The average molecular weight is 342 g/mol. The molecule has 1 amide bonds. The van der Waals surface area contributed by atoms with Crippen LogP contribution in [0.3, 0.4) is 0 Å². The first-order valence-electron chi connectivity index (χ1n) is 5.45. The Morgan fingerprint density at radius 3 is 2.42 bits per heavy atom. The van der Waals surface area contributed by atoms with Gasteiger partial charge >= 0.3 is 6.18 Å². The van der Waals surface area contributed by atoms with Crippen molar-refractivity contribution in [2.24, 2.45) is 0 Å². The normalized spacial score (nSPS) is 11.8. The van der Waals surface area contributed by atoms with E-state index in [0.29, 0.717) is 4.90 Å². The molecule has 1 rings (SSSR count). The van der Waals surface area contributed by atoms with Crippen molar-refractivity contribution >= 4 is 21.8 Å². The second-order valence-electron chi connectivity index (χ2n) is 4.24. The Labute approximate surface area is 116 Å². The van der Waals surface area contributed by atoms with E-state index in [9.17, 15) is 22.4 Å². The Bertz CT molecular complexity index is 473. The maximum Gasteiger partial charge on any atom is 0.406 e. The number of hydrogen-bond acceptors (Lipinski definition) is 1. The average Bonchev–Trinajstić information content (AvgIpc) is 2.27. The summed E-state index contributed by atoms with van der Waals surface area (Å²) in [5.74, 6) is -1.84. The standard InChI is InChI=1S/C12H12BrF4NO/c1-7(2)18(6-12(15,16)17)11(19)8-4-3-5-9(13)10(8)14/h3-5,7H,6H2,1-2H3. The van der Waals surface area contributed by atoms with E-state index in [-0.39, 0.29) is 10.0 Å². The van der Waals surface area contributed by atoms with E-state index < -0.39 is 30.5 Å². The van der Waals surface area contributed by atoms with Crippen molar-refractivity contribution in [3.05, 3.63) is 34.1 Å². The van der Waals surface area contributed by atoms with Gasteiger partial charge in [0, 0.05) is 6.04 Å². The van der Waals surface area contributed by atoms with Gasteiger partial charge in [0.25, 0.3) is 5.91 Å². The predicted molar refractivity (Wildman–Crippen MR) is 66.3 cm³/mol. The molecule has 0 aliphatic heterocycles. The summed E-state index contributed by atoms with van der Waals surface area (Å²) < 4.78 is 51.0. The Balaban J connectivity index is 3.10. The van der Waals surface area contributed by atoms with Crippen LogP contribution in [-0.4, -0.2) is 29.6 Å². The Morgan fingerprint density at radius 1 is 1.37 bits per heavy atom. The Hall–Kier alpha value is -1.11. The van der Waals surface area contributed by atoms with E-state index in [1.165, 1.54) is 26.0 Å². The number of benzene rings is 1. The van der Waals surface area contributed by atoms with Crippen LogP contribution < -0.4 is 0 Å². The predicted octanol–water partition coefficient (Wildman–Crippen LogP) is 4.00. The maximum absolute atomic E-state index is 13.7. The molecule has 0 aliphatic carbocycles. The molecule has 0 aromatic heterocycles. The van der Waals surface area contributed by atoms with E-state index in [0.717, 1.165) is 6.07 Å². The smallest absolute Gasteiger partial charge is 0.327 e. The number of halogens is 5. The van der Waals surface area contributed by atoms with Crippen LogP contribution in [0.1, 0.15) is 24.2 Å². The third-order valence-corrected chi connectivity index (χ3v) is 3.03. The zero-order valence-electron chi connectivity index (χ0n) is 10.3. The van der Waals surface area contributed by atoms with Crippen molar-refractivity contribution < 1.29 is 22.4 Å². The van der Waals surface area contributed by atoms with Crippen molar-refractivity contribution in [1.29, 1.82) is 0 Å². The number of alkyl halides is 3. The first-order valence-corrected chi connectivity index (χ1v) is 6.24. The summed E-state index contributed by atoms with van der Waals surface area (Å²) in [4.78, 5) is 12.6. The number of carbonyl (C=O) groups excluding carboxylic acids is 1. The van der Waals surface area contributed by atoms with Gasteiger partial charge in [-0.15, -0.1) is 0 Å². The highest BCUT2D eigenvalue weighted by molar-refractivity contribution is 9.10. The molecule has 0 fully saturated rings. The molecule has 0 saturated heterocycles. The van der Waals surface area contributed by atoms with E-state index >= 15 is 0 Å². The van der Waals surface area contributed by atoms with Crippen LogP contribution in [0.25, 0.3) is 0 Å². The first kappa shape index (κ1) is 15.9. The lowest BCUT2D eigenvalue weighted by Crippen LogP contribution is -2.43. The SMILES string of the molecule is CC(C)N(CC(F)(F)F)C(=O)c1cccc(Br)c1F. The fourth-order valence-corrected chi connectivity index (χ4v) is 1.87. The summed E-state index contributed by atoms with van der Waals surface area (Å²) in [6.07, 6.45) is -4.53. The lowest BCUT2D eigenvalue weighted by atomic mass is 10.1. The van der Waals surface area contributed by atoms with Gasteiger partial charge in [0.1, 0.15) is 12.4 Å². The van der Waals surface area contributed by atoms with Crippen LogP contribution in [-0.2, 0) is 0 Å². The molecule has 0 aliphatic rings. The van der Waals surface area contributed by atoms with Gasteiger partial charge in [-0.2, -0.15) is 13.2 Å². The lowest BCUT2D eigenvalue weighted by Gasteiger charge is -2.28. The molecule has 0 N–H and O–H groups in total. The molecule has 0 radical (unpaired) electrons. The summed E-state index contributed by atoms with van der Waals surface area (Å²) in [5, 5.41) is 0. The van der Waals surface area contributed by atoms with E-state index in [2.05, 4.69) is 15.9 Å². The zero-order chi connectivity index (χ0) is 14.8. The molecule has 106 valence electrons. The molecule has 7 heteroatoms. The molecular weight excluding hydrogens is 330 g/mol. The van der Waals surface area contributed by atoms with Gasteiger partial charge in [0.05, 0.1) is 10.0 Å². The Morgan fingerprint density at radius 2 is 1.95 bits per heavy atom. The topological polar surface area (TPSA) is 20.3 Å². The summed E-state index contributed by atoms with van der Waals surface area (Å²) in [7, 11) is 0. The molecule has 2 nitrogen and oxygen atoms in total. The molecule has 0 saturated carbocycles. The molecule has 1 aromatic rings. The summed E-state index contributed by atoms with van der Waals surface area (Å²) in [6, 6.07) is 3.24. The van der Waals surface area contributed by atoms with Gasteiger partial charge in [-0.25, -0.2) is 4.39 Å². The minimum absolute atomic E-state index is 0.0362. The monoisotopic (exact) mass is 341 g/mol. The number of amides is 1. The number of rotatable bonds is 3. The summed E-state index contributed by atoms with van der Waals surface area (Å²) >= 11 is 2.89. The van der Waals surface area contributed by atoms with E-state index in [1.54, 1.807) is 0 Å². The lowest BCUT2D eigenvalue weighted by molar-refractivity contribution is -0.143. The Kier molecular flexibility index (Phi) is 4.95. The second-order valence-corrected chi connectivity index (χ2v) is 5.10. The third-order valence-electron chi connectivity index (χ3n) is 2.42. The highest BCUT2D eigenvalue weighted by Gasteiger charge is 2.35. The van der Waals surface area contributed by atoms with Crippen molar-refractivity contribution in [3.8, 4) is 0 Å². The van der Waals surface area contributed by atoms with Gasteiger partial charge in [0.15, 0.2) is 0 Å². The fraction of sp³-hybridized carbons (Fsp3) is 0.417. The van der Waals surface area contributed by atoms with Gasteiger partial charge < -0.3 is 4.90 Å². The zero-order valence-corrected chi connectivity index (χ0v) is 11.8. The largest absolute Gasteiger partial charge is 0.406 e. The molecule has 0 bridgehead atoms. The molecule has 0 atom stereocenters. The van der Waals surface area contributed by atoms with Crippen LogP contribution in [0.4, 0.5) is 17.6 Å². The van der Waals surface area contributed by atoms with Crippen molar-refractivity contribution in [1.82, 2.24) is 4.90 Å². The van der Waals surface area contributed by atoms with Crippen molar-refractivity contribution in [3.63, 3.8) is 0 Å². The van der Waals surface area contributed by atoms with Crippen LogP contribution in [0, 0.1) is 5.82 Å². The minimum Gasteiger partial charge on any atom is -0.327 e. The van der Waals surface area contributed by atoms with Crippen molar-refractivity contribution in [2.45, 2.75) is 26.1 Å². The van der Waals surface area contributed by atoms with E-state index in [4.69, 9.17) is 0 Å². The molecular formula is C12H12BrF4NO.